The number of rotatable bonds is 2. The third-order valence-electron chi connectivity index (χ3n) is 3.00. The van der Waals surface area contributed by atoms with Crippen molar-refractivity contribution in [2.24, 2.45) is 0 Å². The molecule has 4 heteroatoms. The van der Waals surface area contributed by atoms with Crippen molar-refractivity contribution in [1.82, 2.24) is 10.3 Å². The van der Waals surface area contributed by atoms with E-state index < -0.39 is 0 Å². The van der Waals surface area contributed by atoms with Gasteiger partial charge in [0.05, 0.1) is 11.7 Å². The first kappa shape index (κ1) is 10.9. The predicted octanol–water partition coefficient (Wildman–Crippen LogP) is 3.37. The Balaban J connectivity index is 1.89. The average molecular weight is 248 g/mol. The summed E-state index contributed by atoms with van der Waals surface area (Å²) in [5.41, 5.74) is 1.73. The summed E-state index contributed by atoms with van der Waals surface area (Å²) in [7, 11) is 0. The molecule has 0 spiro atoms. The molecular weight excluding hydrogens is 235 g/mol. The van der Waals surface area contributed by atoms with Gasteiger partial charge in [-0.05, 0) is 31.5 Å². The van der Waals surface area contributed by atoms with Gasteiger partial charge in [0.25, 0.3) is 0 Å². The topological polar surface area (TPSA) is 24.9 Å². The maximum atomic E-state index is 13.1. The first-order chi connectivity index (χ1) is 8.33. The normalized spacial score (nSPS) is 19.7. The van der Waals surface area contributed by atoms with Crippen LogP contribution in [0.5, 0.6) is 0 Å². The number of halogens is 1. The molecule has 1 fully saturated rings. The van der Waals surface area contributed by atoms with Gasteiger partial charge in [0.2, 0.25) is 0 Å². The molecule has 0 radical (unpaired) electrons. The van der Waals surface area contributed by atoms with E-state index >= 15 is 0 Å². The molecule has 2 nitrogen and oxygen atoms in total. The Bertz CT molecular complexity index is 518. The van der Waals surface area contributed by atoms with E-state index in [9.17, 15) is 4.39 Å². The third-order valence-corrected chi connectivity index (χ3v) is 3.96. The van der Waals surface area contributed by atoms with Crippen molar-refractivity contribution in [3.05, 3.63) is 40.5 Å². The van der Waals surface area contributed by atoms with Gasteiger partial charge in [0, 0.05) is 10.9 Å². The standard InChI is InChI=1S/C13H13FN2S/c14-10-4-1-3-9(7-10)12-8-17-13(16-12)11-5-2-6-15-11/h1,3-4,7-8,11,15H,2,5-6H2. The molecule has 1 atom stereocenters. The van der Waals surface area contributed by atoms with Gasteiger partial charge in [-0.1, -0.05) is 12.1 Å². The van der Waals surface area contributed by atoms with E-state index in [2.05, 4.69) is 10.3 Å². The Morgan fingerprint density at radius 3 is 3.12 bits per heavy atom. The highest BCUT2D eigenvalue weighted by Crippen LogP contribution is 2.29. The highest BCUT2D eigenvalue weighted by molar-refractivity contribution is 7.10. The van der Waals surface area contributed by atoms with E-state index in [1.807, 2.05) is 11.4 Å². The number of benzene rings is 1. The van der Waals surface area contributed by atoms with Crippen molar-refractivity contribution in [1.29, 1.82) is 0 Å². The van der Waals surface area contributed by atoms with E-state index in [1.54, 1.807) is 17.4 Å². The Kier molecular flexibility index (Phi) is 2.91. The molecule has 3 rings (SSSR count). The van der Waals surface area contributed by atoms with Crippen LogP contribution in [0.15, 0.2) is 29.6 Å². The molecule has 1 unspecified atom stereocenters. The fourth-order valence-corrected chi connectivity index (χ4v) is 3.06. The zero-order valence-corrected chi connectivity index (χ0v) is 10.1. The fraction of sp³-hybridized carbons (Fsp3) is 0.308. The molecule has 88 valence electrons. The lowest BCUT2D eigenvalue weighted by Crippen LogP contribution is -2.12. The number of aromatic nitrogens is 1. The van der Waals surface area contributed by atoms with Crippen LogP contribution >= 0.6 is 11.3 Å². The molecule has 1 aliphatic heterocycles. The molecule has 0 amide bonds. The van der Waals surface area contributed by atoms with Crippen LogP contribution in [-0.4, -0.2) is 11.5 Å². The van der Waals surface area contributed by atoms with Crippen LogP contribution in [-0.2, 0) is 0 Å². The summed E-state index contributed by atoms with van der Waals surface area (Å²) in [6, 6.07) is 6.99. The average Bonchev–Trinajstić information content (AvgIpc) is 3.00. The smallest absolute Gasteiger partial charge is 0.123 e. The summed E-state index contributed by atoms with van der Waals surface area (Å²) in [6.45, 7) is 1.07. The summed E-state index contributed by atoms with van der Waals surface area (Å²) in [4.78, 5) is 4.59. The number of hydrogen-bond donors (Lipinski definition) is 1. The first-order valence-corrected chi connectivity index (χ1v) is 6.65. The van der Waals surface area contributed by atoms with Crippen LogP contribution in [0.4, 0.5) is 4.39 Å². The van der Waals surface area contributed by atoms with Crippen molar-refractivity contribution in [3.63, 3.8) is 0 Å². The van der Waals surface area contributed by atoms with Crippen LogP contribution < -0.4 is 5.32 Å². The number of nitrogens with zero attached hydrogens (tertiary/aromatic N) is 1. The minimum absolute atomic E-state index is 0.212. The molecule has 1 N–H and O–H groups in total. The molecule has 1 saturated heterocycles. The van der Waals surface area contributed by atoms with Crippen molar-refractivity contribution >= 4 is 11.3 Å². The molecule has 0 aliphatic carbocycles. The minimum Gasteiger partial charge on any atom is -0.308 e. The molecule has 2 heterocycles. The first-order valence-electron chi connectivity index (χ1n) is 5.78. The highest BCUT2D eigenvalue weighted by atomic mass is 32.1. The van der Waals surface area contributed by atoms with Gasteiger partial charge in [0.1, 0.15) is 10.8 Å². The van der Waals surface area contributed by atoms with Gasteiger partial charge in [0.15, 0.2) is 0 Å². The van der Waals surface area contributed by atoms with Gasteiger partial charge in [-0.15, -0.1) is 11.3 Å². The van der Waals surface area contributed by atoms with Crippen molar-refractivity contribution < 1.29 is 4.39 Å². The number of nitrogens with one attached hydrogen (secondary N) is 1. The van der Waals surface area contributed by atoms with Crippen molar-refractivity contribution in [3.8, 4) is 11.3 Å². The van der Waals surface area contributed by atoms with Crippen LogP contribution in [0.1, 0.15) is 23.9 Å². The van der Waals surface area contributed by atoms with Crippen LogP contribution in [0.25, 0.3) is 11.3 Å². The van der Waals surface area contributed by atoms with Crippen molar-refractivity contribution in [2.75, 3.05) is 6.54 Å². The summed E-state index contributed by atoms with van der Waals surface area (Å²) < 4.78 is 13.1. The van der Waals surface area contributed by atoms with Crippen LogP contribution in [0.2, 0.25) is 0 Å². The van der Waals surface area contributed by atoms with E-state index in [0.29, 0.717) is 6.04 Å². The van der Waals surface area contributed by atoms with E-state index in [-0.39, 0.29) is 5.82 Å². The molecule has 1 aromatic heterocycles. The predicted molar refractivity (Wildman–Crippen MR) is 67.5 cm³/mol. The van der Waals surface area contributed by atoms with Gasteiger partial charge < -0.3 is 5.32 Å². The molecular formula is C13H13FN2S. The number of hydrogen-bond acceptors (Lipinski definition) is 3. The maximum Gasteiger partial charge on any atom is 0.123 e. The SMILES string of the molecule is Fc1cccc(-c2csc(C3CCCN3)n2)c1. The summed E-state index contributed by atoms with van der Waals surface area (Å²) in [5.74, 6) is -0.212. The summed E-state index contributed by atoms with van der Waals surface area (Å²) in [6.07, 6.45) is 2.36. The number of thiazole rings is 1. The summed E-state index contributed by atoms with van der Waals surface area (Å²) >= 11 is 1.65. The molecule has 1 aliphatic rings. The van der Waals surface area contributed by atoms with Gasteiger partial charge in [-0.3, -0.25) is 0 Å². The zero-order chi connectivity index (χ0) is 11.7. The summed E-state index contributed by atoms with van der Waals surface area (Å²) in [5, 5.41) is 6.54. The van der Waals surface area contributed by atoms with Gasteiger partial charge >= 0.3 is 0 Å². The van der Waals surface area contributed by atoms with E-state index in [4.69, 9.17) is 0 Å². The third kappa shape index (κ3) is 2.23. The Labute approximate surface area is 104 Å². The Hall–Kier alpha value is -1.26. The van der Waals surface area contributed by atoms with Crippen molar-refractivity contribution in [2.45, 2.75) is 18.9 Å². The lowest BCUT2D eigenvalue weighted by Gasteiger charge is -2.04. The Morgan fingerprint density at radius 2 is 2.35 bits per heavy atom. The maximum absolute atomic E-state index is 13.1. The van der Waals surface area contributed by atoms with Crippen LogP contribution in [0.3, 0.4) is 0 Å². The molecule has 2 aromatic rings. The lowest BCUT2D eigenvalue weighted by molar-refractivity contribution is 0.628. The van der Waals surface area contributed by atoms with Crippen LogP contribution in [0, 0.1) is 5.82 Å². The fourth-order valence-electron chi connectivity index (χ4n) is 2.12. The van der Waals surface area contributed by atoms with E-state index in [1.165, 1.54) is 18.6 Å². The molecule has 0 bridgehead atoms. The Morgan fingerprint density at radius 1 is 1.41 bits per heavy atom. The monoisotopic (exact) mass is 248 g/mol. The van der Waals surface area contributed by atoms with Gasteiger partial charge in [-0.2, -0.15) is 0 Å². The molecule has 0 saturated carbocycles. The highest BCUT2D eigenvalue weighted by Gasteiger charge is 2.19. The second kappa shape index (κ2) is 4.55. The quantitative estimate of drug-likeness (QED) is 0.881. The lowest BCUT2D eigenvalue weighted by atomic mass is 10.2. The second-order valence-corrected chi connectivity index (χ2v) is 5.12. The molecule has 17 heavy (non-hydrogen) atoms. The van der Waals surface area contributed by atoms with Gasteiger partial charge in [-0.25, -0.2) is 9.37 Å². The zero-order valence-electron chi connectivity index (χ0n) is 9.32. The second-order valence-electron chi connectivity index (χ2n) is 4.23. The molecule has 1 aromatic carbocycles. The largest absolute Gasteiger partial charge is 0.308 e. The van der Waals surface area contributed by atoms with E-state index in [0.717, 1.165) is 29.2 Å². The minimum atomic E-state index is -0.212.